The average Bonchev–Trinajstić information content (AvgIpc) is 2.88. The molecule has 4 heteroatoms. The highest BCUT2D eigenvalue weighted by atomic mass is 16.5. The Bertz CT molecular complexity index is 410. The Hall–Kier alpha value is -1.10. The van der Waals surface area contributed by atoms with Crippen molar-refractivity contribution in [3.63, 3.8) is 0 Å². The van der Waals surface area contributed by atoms with Gasteiger partial charge in [0.25, 0.3) is 0 Å². The molecule has 0 radical (unpaired) electrons. The van der Waals surface area contributed by atoms with Crippen molar-refractivity contribution in [1.29, 1.82) is 0 Å². The normalized spacial score (nSPS) is 23.8. The summed E-state index contributed by atoms with van der Waals surface area (Å²) in [4.78, 5) is 0. The van der Waals surface area contributed by atoms with E-state index in [1.807, 2.05) is 19.2 Å². The molecule has 3 unspecified atom stereocenters. The van der Waals surface area contributed by atoms with E-state index in [-0.39, 0.29) is 6.04 Å². The van der Waals surface area contributed by atoms with Gasteiger partial charge >= 0.3 is 0 Å². The monoisotopic (exact) mass is 279 g/mol. The number of nitrogens with one attached hydrogen (secondary N) is 1. The molecule has 1 N–H and O–H groups in total. The largest absolute Gasteiger partial charge is 0.491 e. The molecule has 1 aliphatic heterocycles. The van der Waals surface area contributed by atoms with Gasteiger partial charge in [-0.3, -0.25) is 0 Å². The molecule has 1 heterocycles. The predicted molar refractivity (Wildman–Crippen MR) is 79.1 cm³/mol. The lowest BCUT2D eigenvalue weighted by Crippen LogP contribution is -2.26. The minimum atomic E-state index is 0.263. The molecule has 112 valence electrons. The molecule has 2 rings (SSSR count). The molecule has 3 atom stereocenters. The van der Waals surface area contributed by atoms with Gasteiger partial charge in [-0.25, -0.2) is 0 Å². The number of para-hydroxylation sites is 1. The maximum absolute atomic E-state index is 5.84. The van der Waals surface area contributed by atoms with Gasteiger partial charge in [0, 0.05) is 24.6 Å². The fourth-order valence-electron chi connectivity index (χ4n) is 2.83. The molecule has 0 bridgehead atoms. The van der Waals surface area contributed by atoms with E-state index in [2.05, 4.69) is 24.4 Å². The van der Waals surface area contributed by atoms with Crippen molar-refractivity contribution in [2.24, 2.45) is 5.92 Å². The van der Waals surface area contributed by atoms with E-state index >= 15 is 0 Å². The van der Waals surface area contributed by atoms with Crippen LogP contribution in [-0.2, 0) is 9.47 Å². The van der Waals surface area contributed by atoms with E-state index in [0.717, 1.165) is 18.8 Å². The number of methoxy groups -OCH3 is 1. The summed E-state index contributed by atoms with van der Waals surface area (Å²) in [5.74, 6) is 1.42. The van der Waals surface area contributed by atoms with Gasteiger partial charge in [-0.1, -0.05) is 18.2 Å². The van der Waals surface area contributed by atoms with Crippen LogP contribution < -0.4 is 10.1 Å². The van der Waals surface area contributed by atoms with Crippen LogP contribution in [0, 0.1) is 5.92 Å². The van der Waals surface area contributed by atoms with Gasteiger partial charge in [-0.15, -0.1) is 0 Å². The third kappa shape index (κ3) is 3.72. The van der Waals surface area contributed by atoms with E-state index in [4.69, 9.17) is 14.2 Å². The lowest BCUT2D eigenvalue weighted by atomic mass is 9.90. The topological polar surface area (TPSA) is 39.7 Å². The first kappa shape index (κ1) is 15.3. The number of hydrogen-bond donors (Lipinski definition) is 1. The maximum atomic E-state index is 5.84. The van der Waals surface area contributed by atoms with E-state index in [9.17, 15) is 0 Å². The Morgan fingerprint density at radius 1 is 1.35 bits per heavy atom. The molecule has 20 heavy (non-hydrogen) atoms. The number of rotatable bonds is 7. The van der Waals surface area contributed by atoms with Crippen molar-refractivity contribution in [3.05, 3.63) is 29.8 Å². The highest BCUT2D eigenvalue weighted by Gasteiger charge is 2.31. The summed E-state index contributed by atoms with van der Waals surface area (Å²) < 4.78 is 16.6. The average molecular weight is 279 g/mol. The Labute approximate surface area is 121 Å². The fraction of sp³-hybridized carbons (Fsp3) is 0.625. The van der Waals surface area contributed by atoms with Crippen LogP contribution in [0.25, 0.3) is 0 Å². The van der Waals surface area contributed by atoms with E-state index in [0.29, 0.717) is 25.2 Å². The summed E-state index contributed by atoms with van der Waals surface area (Å²) in [7, 11) is 3.68. The van der Waals surface area contributed by atoms with Gasteiger partial charge < -0.3 is 19.5 Å². The third-order valence-electron chi connectivity index (χ3n) is 3.81. The van der Waals surface area contributed by atoms with Crippen molar-refractivity contribution >= 4 is 0 Å². The smallest absolute Gasteiger partial charge is 0.124 e. The first-order valence-electron chi connectivity index (χ1n) is 7.25. The van der Waals surface area contributed by atoms with Crippen molar-refractivity contribution in [1.82, 2.24) is 5.32 Å². The van der Waals surface area contributed by atoms with Crippen molar-refractivity contribution < 1.29 is 14.2 Å². The van der Waals surface area contributed by atoms with Crippen LogP contribution in [0.5, 0.6) is 5.75 Å². The van der Waals surface area contributed by atoms with Gasteiger partial charge in [-0.2, -0.15) is 0 Å². The van der Waals surface area contributed by atoms with Gasteiger partial charge in [-0.05, 0) is 26.5 Å². The van der Waals surface area contributed by atoms with Crippen molar-refractivity contribution in [2.75, 3.05) is 34.0 Å². The highest BCUT2D eigenvalue weighted by Crippen LogP contribution is 2.35. The van der Waals surface area contributed by atoms with Gasteiger partial charge in [0.2, 0.25) is 0 Å². The van der Waals surface area contributed by atoms with E-state index in [1.165, 1.54) is 5.56 Å². The molecule has 0 spiro atoms. The lowest BCUT2D eigenvalue weighted by molar-refractivity contribution is 0.116. The Morgan fingerprint density at radius 3 is 2.80 bits per heavy atom. The van der Waals surface area contributed by atoms with Gasteiger partial charge in [0.05, 0.1) is 19.3 Å². The Balaban J connectivity index is 2.12. The van der Waals surface area contributed by atoms with E-state index < -0.39 is 0 Å². The van der Waals surface area contributed by atoms with Crippen LogP contribution in [-0.4, -0.2) is 40.1 Å². The molecule has 1 aromatic carbocycles. The molecular weight excluding hydrogens is 254 g/mol. The van der Waals surface area contributed by atoms with Gasteiger partial charge in [0.15, 0.2) is 0 Å². The first-order chi connectivity index (χ1) is 9.76. The van der Waals surface area contributed by atoms with Crippen LogP contribution in [0.4, 0.5) is 0 Å². The molecule has 4 nitrogen and oxygen atoms in total. The minimum Gasteiger partial charge on any atom is -0.491 e. The molecule has 0 aromatic heterocycles. The standard InChI is InChI=1S/C16H25NO3/c1-12-10-13(11-20-12)16(17-2)14-6-4-5-7-15(14)19-9-8-18-3/h4-7,12-13,16-17H,8-11H2,1-3H3. The van der Waals surface area contributed by atoms with Crippen LogP contribution in [0.3, 0.4) is 0 Å². The molecule has 1 fully saturated rings. The minimum absolute atomic E-state index is 0.263. The third-order valence-corrected chi connectivity index (χ3v) is 3.81. The molecule has 0 saturated carbocycles. The number of ether oxygens (including phenoxy) is 3. The second-order valence-electron chi connectivity index (χ2n) is 5.29. The van der Waals surface area contributed by atoms with Gasteiger partial charge in [0.1, 0.15) is 12.4 Å². The molecule has 0 amide bonds. The summed E-state index contributed by atoms with van der Waals surface area (Å²) >= 11 is 0. The molecular formula is C16H25NO3. The second-order valence-corrected chi connectivity index (χ2v) is 5.29. The summed E-state index contributed by atoms with van der Waals surface area (Å²) in [5.41, 5.74) is 1.20. The van der Waals surface area contributed by atoms with Crippen LogP contribution in [0.15, 0.2) is 24.3 Å². The summed E-state index contributed by atoms with van der Waals surface area (Å²) in [6.45, 7) is 4.11. The zero-order valence-electron chi connectivity index (χ0n) is 12.6. The lowest BCUT2D eigenvalue weighted by Gasteiger charge is -2.24. The van der Waals surface area contributed by atoms with E-state index in [1.54, 1.807) is 7.11 Å². The summed E-state index contributed by atoms with van der Waals surface area (Å²) in [6, 6.07) is 8.48. The zero-order chi connectivity index (χ0) is 14.4. The molecule has 1 saturated heterocycles. The zero-order valence-corrected chi connectivity index (χ0v) is 12.6. The quantitative estimate of drug-likeness (QED) is 0.778. The van der Waals surface area contributed by atoms with Crippen LogP contribution in [0.2, 0.25) is 0 Å². The first-order valence-corrected chi connectivity index (χ1v) is 7.25. The van der Waals surface area contributed by atoms with Crippen molar-refractivity contribution in [2.45, 2.75) is 25.5 Å². The molecule has 1 aromatic rings. The predicted octanol–water partition coefficient (Wildman–Crippen LogP) is 2.40. The van der Waals surface area contributed by atoms with Crippen molar-refractivity contribution in [3.8, 4) is 5.75 Å². The molecule has 1 aliphatic rings. The second kappa shape index (κ2) is 7.62. The molecule has 0 aliphatic carbocycles. The van der Waals surface area contributed by atoms with Crippen LogP contribution >= 0.6 is 0 Å². The van der Waals surface area contributed by atoms with Crippen LogP contribution in [0.1, 0.15) is 24.9 Å². The summed E-state index contributed by atoms with van der Waals surface area (Å²) in [5, 5.41) is 3.42. The summed E-state index contributed by atoms with van der Waals surface area (Å²) in [6.07, 6.45) is 1.43. The maximum Gasteiger partial charge on any atom is 0.124 e. The fourth-order valence-corrected chi connectivity index (χ4v) is 2.83. The Morgan fingerprint density at radius 2 is 2.15 bits per heavy atom. The highest BCUT2D eigenvalue weighted by molar-refractivity contribution is 5.36. The number of benzene rings is 1. The SMILES string of the molecule is CNC(c1ccccc1OCCOC)C1COC(C)C1. The Kier molecular flexibility index (Phi) is 5.83. The number of hydrogen-bond acceptors (Lipinski definition) is 4.